The van der Waals surface area contributed by atoms with Gasteiger partial charge < -0.3 is 19.5 Å². The van der Waals surface area contributed by atoms with E-state index < -0.39 is 0 Å². The Labute approximate surface area is 191 Å². The van der Waals surface area contributed by atoms with Crippen molar-refractivity contribution in [2.75, 3.05) is 18.5 Å². The zero-order valence-electron chi connectivity index (χ0n) is 18.5. The van der Waals surface area contributed by atoms with E-state index in [0.717, 1.165) is 42.8 Å². The predicted molar refractivity (Wildman–Crippen MR) is 120 cm³/mol. The maximum absolute atomic E-state index is 12.9. The molecule has 10 nitrogen and oxygen atoms in total. The fourth-order valence-corrected chi connectivity index (χ4v) is 4.15. The SMILES string of the molecule is CCCOC(=O)N1CCc2cnc(C(=O)Nc3cccc(-c4nnc5n4CCC5)n3)cc2C1. The van der Waals surface area contributed by atoms with Crippen molar-refractivity contribution in [2.24, 2.45) is 0 Å². The van der Waals surface area contributed by atoms with Gasteiger partial charge >= 0.3 is 6.09 Å². The van der Waals surface area contributed by atoms with Crippen molar-refractivity contribution in [3.05, 3.63) is 53.1 Å². The number of nitrogens with zero attached hydrogens (tertiary/aromatic N) is 6. The van der Waals surface area contributed by atoms with Gasteiger partial charge in [0, 0.05) is 32.3 Å². The Morgan fingerprint density at radius 3 is 2.94 bits per heavy atom. The van der Waals surface area contributed by atoms with Crippen LogP contribution in [0.5, 0.6) is 0 Å². The molecule has 2 aliphatic heterocycles. The smallest absolute Gasteiger partial charge is 0.410 e. The summed E-state index contributed by atoms with van der Waals surface area (Å²) in [6, 6.07) is 7.15. The van der Waals surface area contributed by atoms with Gasteiger partial charge in [0.05, 0.1) is 6.61 Å². The van der Waals surface area contributed by atoms with Gasteiger partial charge in [-0.15, -0.1) is 10.2 Å². The lowest BCUT2D eigenvalue weighted by Gasteiger charge is -2.28. The van der Waals surface area contributed by atoms with Gasteiger partial charge in [-0.1, -0.05) is 13.0 Å². The third kappa shape index (κ3) is 4.28. The molecule has 0 saturated carbocycles. The zero-order valence-corrected chi connectivity index (χ0v) is 18.5. The summed E-state index contributed by atoms with van der Waals surface area (Å²) in [4.78, 5) is 35.6. The third-order valence-corrected chi connectivity index (χ3v) is 5.84. The summed E-state index contributed by atoms with van der Waals surface area (Å²) in [5.41, 5.74) is 2.86. The summed E-state index contributed by atoms with van der Waals surface area (Å²) in [7, 11) is 0. The van der Waals surface area contributed by atoms with Crippen molar-refractivity contribution < 1.29 is 14.3 Å². The fraction of sp³-hybridized carbons (Fsp3) is 0.391. The number of hydrogen-bond donors (Lipinski definition) is 1. The van der Waals surface area contributed by atoms with Crippen molar-refractivity contribution in [3.63, 3.8) is 0 Å². The van der Waals surface area contributed by atoms with Crippen molar-refractivity contribution in [1.82, 2.24) is 29.6 Å². The van der Waals surface area contributed by atoms with E-state index in [9.17, 15) is 9.59 Å². The van der Waals surface area contributed by atoms with Crippen LogP contribution < -0.4 is 5.32 Å². The molecule has 170 valence electrons. The molecule has 2 amide bonds. The number of anilines is 1. The van der Waals surface area contributed by atoms with Crippen LogP contribution in [-0.4, -0.2) is 54.8 Å². The van der Waals surface area contributed by atoms with E-state index >= 15 is 0 Å². The first-order valence-corrected chi connectivity index (χ1v) is 11.2. The van der Waals surface area contributed by atoms with Gasteiger partial charge in [-0.25, -0.2) is 9.78 Å². The van der Waals surface area contributed by atoms with Crippen molar-refractivity contribution in [2.45, 2.75) is 45.7 Å². The van der Waals surface area contributed by atoms with E-state index in [4.69, 9.17) is 4.74 Å². The monoisotopic (exact) mass is 447 g/mol. The normalized spacial score (nSPS) is 14.5. The number of ether oxygens (including phenoxy) is 1. The van der Waals surface area contributed by atoms with Gasteiger partial charge in [0.25, 0.3) is 5.91 Å². The molecular weight excluding hydrogens is 422 g/mol. The Morgan fingerprint density at radius 1 is 1.15 bits per heavy atom. The summed E-state index contributed by atoms with van der Waals surface area (Å²) in [6.45, 7) is 4.20. The fourth-order valence-electron chi connectivity index (χ4n) is 4.15. The lowest BCUT2D eigenvalue weighted by molar-refractivity contribution is 0.0978. The van der Waals surface area contributed by atoms with E-state index in [2.05, 4.69) is 30.0 Å². The lowest BCUT2D eigenvalue weighted by Crippen LogP contribution is -2.36. The molecular formula is C23H25N7O3. The Bertz CT molecular complexity index is 1210. The summed E-state index contributed by atoms with van der Waals surface area (Å²) in [5.74, 6) is 1.73. The minimum atomic E-state index is -0.361. The van der Waals surface area contributed by atoms with Crippen molar-refractivity contribution >= 4 is 17.8 Å². The number of rotatable bonds is 5. The second-order valence-electron chi connectivity index (χ2n) is 8.18. The average molecular weight is 447 g/mol. The van der Waals surface area contributed by atoms with Crippen LogP contribution in [-0.2, 0) is 30.7 Å². The molecule has 10 heteroatoms. The molecule has 0 aliphatic carbocycles. The number of carbonyl (C=O) groups is 2. The molecule has 0 spiro atoms. The molecule has 3 aromatic heterocycles. The second-order valence-corrected chi connectivity index (χ2v) is 8.18. The van der Waals surface area contributed by atoms with Crippen LogP contribution in [0.1, 0.15) is 47.2 Å². The van der Waals surface area contributed by atoms with Gasteiger partial charge in [0.2, 0.25) is 0 Å². The first kappa shape index (κ1) is 21.0. The van der Waals surface area contributed by atoms with Crippen LogP contribution >= 0.6 is 0 Å². The summed E-state index contributed by atoms with van der Waals surface area (Å²) in [6.07, 6.45) is 4.80. The molecule has 0 atom stereocenters. The quantitative estimate of drug-likeness (QED) is 0.639. The molecule has 33 heavy (non-hydrogen) atoms. The minimum absolute atomic E-state index is 0.271. The molecule has 0 unspecified atom stereocenters. The minimum Gasteiger partial charge on any atom is -0.449 e. The highest BCUT2D eigenvalue weighted by molar-refractivity contribution is 6.02. The summed E-state index contributed by atoms with van der Waals surface area (Å²) < 4.78 is 7.31. The topological polar surface area (TPSA) is 115 Å². The average Bonchev–Trinajstić information content (AvgIpc) is 3.46. The molecule has 2 aliphatic rings. The highest BCUT2D eigenvalue weighted by Crippen LogP contribution is 2.23. The molecule has 3 aromatic rings. The molecule has 0 aromatic carbocycles. The number of nitrogens with one attached hydrogen (secondary N) is 1. The molecule has 1 N–H and O–H groups in total. The van der Waals surface area contributed by atoms with Crippen LogP contribution in [0, 0.1) is 0 Å². The zero-order chi connectivity index (χ0) is 22.8. The number of aryl methyl sites for hydroxylation is 1. The van der Waals surface area contributed by atoms with Crippen LogP contribution in [0.4, 0.5) is 10.6 Å². The molecule has 0 saturated heterocycles. The van der Waals surface area contributed by atoms with Crippen molar-refractivity contribution in [1.29, 1.82) is 0 Å². The third-order valence-electron chi connectivity index (χ3n) is 5.84. The Balaban J connectivity index is 1.30. The molecule has 5 rings (SSSR count). The highest BCUT2D eigenvalue weighted by Gasteiger charge is 2.24. The lowest BCUT2D eigenvalue weighted by atomic mass is 10.0. The van der Waals surface area contributed by atoms with Gasteiger partial charge in [0.1, 0.15) is 23.0 Å². The molecule has 5 heterocycles. The van der Waals surface area contributed by atoms with Gasteiger partial charge in [-0.2, -0.15) is 0 Å². The first-order valence-electron chi connectivity index (χ1n) is 11.2. The number of carbonyl (C=O) groups excluding carboxylic acids is 2. The number of amides is 2. The largest absolute Gasteiger partial charge is 0.449 e. The Morgan fingerprint density at radius 2 is 2.06 bits per heavy atom. The molecule has 0 bridgehead atoms. The van der Waals surface area contributed by atoms with Crippen LogP contribution in [0.3, 0.4) is 0 Å². The highest BCUT2D eigenvalue weighted by atomic mass is 16.6. The van der Waals surface area contributed by atoms with Crippen LogP contribution in [0.2, 0.25) is 0 Å². The standard InChI is InChI=1S/C23H25N7O3/c1-2-11-33-23(32)29-10-8-15-13-24-18(12-16(15)14-29)22(31)26-19-6-3-5-17(25-19)21-28-27-20-7-4-9-30(20)21/h3,5-6,12-13H,2,4,7-11,14H2,1H3,(H,25,26,31). The summed E-state index contributed by atoms with van der Waals surface area (Å²) >= 11 is 0. The second kappa shape index (κ2) is 8.97. The number of hydrogen-bond acceptors (Lipinski definition) is 7. The predicted octanol–water partition coefficient (Wildman–Crippen LogP) is 2.84. The van der Waals surface area contributed by atoms with E-state index in [0.29, 0.717) is 43.5 Å². The van der Waals surface area contributed by atoms with Crippen LogP contribution in [0.15, 0.2) is 30.5 Å². The van der Waals surface area contributed by atoms with Crippen LogP contribution in [0.25, 0.3) is 11.5 Å². The first-order chi connectivity index (χ1) is 16.1. The number of aromatic nitrogens is 5. The Kier molecular flexibility index (Phi) is 5.72. The molecule has 0 radical (unpaired) electrons. The maximum Gasteiger partial charge on any atom is 0.410 e. The van der Waals surface area contributed by atoms with E-state index in [1.807, 2.05) is 19.1 Å². The van der Waals surface area contributed by atoms with E-state index in [1.54, 1.807) is 23.2 Å². The van der Waals surface area contributed by atoms with Gasteiger partial charge in [0.15, 0.2) is 5.82 Å². The van der Waals surface area contributed by atoms with E-state index in [-0.39, 0.29) is 17.7 Å². The molecule has 0 fully saturated rings. The number of fused-ring (bicyclic) bond motifs is 2. The maximum atomic E-state index is 12.9. The Hall–Kier alpha value is -3.82. The van der Waals surface area contributed by atoms with Crippen molar-refractivity contribution in [3.8, 4) is 11.5 Å². The van der Waals surface area contributed by atoms with Gasteiger partial charge in [-0.3, -0.25) is 9.78 Å². The number of pyridine rings is 2. The summed E-state index contributed by atoms with van der Waals surface area (Å²) in [5, 5.41) is 11.3. The van der Waals surface area contributed by atoms with Gasteiger partial charge in [-0.05, 0) is 48.6 Å². The van der Waals surface area contributed by atoms with E-state index in [1.165, 1.54) is 0 Å².